The van der Waals surface area contributed by atoms with Crippen LogP contribution in [0.15, 0.2) is 17.4 Å². The zero-order valence-electron chi connectivity index (χ0n) is 9.53. The third kappa shape index (κ3) is 2.37. The predicted molar refractivity (Wildman–Crippen MR) is 75.7 cm³/mol. The topological polar surface area (TPSA) is 75.1 Å². The largest absolute Gasteiger partial charge is 0.477 e. The van der Waals surface area contributed by atoms with Crippen molar-refractivity contribution in [2.75, 3.05) is 11.9 Å². The average Bonchev–Trinajstić information content (AvgIpc) is 2.65. The minimum atomic E-state index is -0.939. The van der Waals surface area contributed by atoms with E-state index in [1.807, 2.05) is 0 Å². The quantitative estimate of drug-likeness (QED) is 0.902. The number of carbonyl (C=O) groups is 1. The normalized spacial score (nSPS) is 10.6. The van der Waals surface area contributed by atoms with Crippen molar-refractivity contribution in [2.24, 2.45) is 0 Å². The van der Waals surface area contributed by atoms with Gasteiger partial charge >= 0.3 is 5.97 Å². The summed E-state index contributed by atoms with van der Waals surface area (Å²) in [4.78, 5) is 20.3. The van der Waals surface area contributed by atoms with Gasteiger partial charge in [-0.1, -0.05) is 22.5 Å². The van der Waals surface area contributed by atoms with Gasteiger partial charge in [0.25, 0.3) is 0 Å². The second-order valence-electron chi connectivity index (χ2n) is 3.63. The second kappa shape index (κ2) is 5.03. The highest BCUT2D eigenvalue weighted by Crippen LogP contribution is 2.33. The van der Waals surface area contributed by atoms with Gasteiger partial charge in [-0.2, -0.15) is 0 Å². The van der Waals surface area contributed by atoms with Gasteiger partial charge in [-0.05, 0) is 12.5 Å². The lowest BCUT2D eigenvalue weighted by molar-refractivity contribution is 0.0701. The van der Waals surface area contributed by atoms with Gasteiger partial charge in [-0.25, -0.2) is 14.8 Å². The first-order chi connectivity index (χ1) is 8.50. The molecule has 2 aromatic rings. The molecule has 0 unspecified atom stereocenters. The first-order valence-corrected chi connectivity index (χ1v) is 6.66. The molecule has 0 aliphatic heterocycles. The summed E-state index contributed by atoms with van der Waals surface area (Å²) >= 11 is 4.41. The first-order valence-electron chi connectivity index (χ1n) is 5.05. The number of thiophene rings is 1. The maximum atomic E-state index is 11.1. The molecule has 0 fully saturated rings. The number of nitrogens with zero attached hydrogens (tertiary/aromatic N) is 2. The van der Waals surface area contributed by atoms with Crippen molar-refractivity contribution in [3.8, 4) is 0 Å². The molecule has 0 amide bonds. The van der Waals surface area contributed by atoms with Gasteiger partial charge in [-0.15, -0.1) is 11.3 Å². The van der Waals surface area contributed by atoms with Crippen LogP contribution in [0.1, 0.15) is 15.2 Å². The van der Waals surface area contributed by atoms with E-state index < -0.39 is 5.97 Å². The van der Waals surface area contributed by atoms with Crippen molar-refractivity contribution in [1.82, 2.24) is 9.97 Å². The molecule has 5 nitrogen and oxygen atoms in total. The Bertz CT molecular complexity index is 638. The van der Waals surface area contributed by atoms with Crippen molar-refractivity contribution in [2.45, 2.75) is 6.92 Å². The Morgan fingerprint density at radius 2 is 2.33 bits per heavy atom. The highest BCUT2D eigenvalue weighted by atomic mass is 79.9. The van der Waals surface area contributed by atoms with Crippen LogP contribution in [-0.4, -0.2) is 27.6 Å². The summed E-state index contributed by atoms with van der Waals surface area (Å²) in [7, 11) is 0. The van der Waals surface area contributed by atoms with Crippen molar-refractivity contribution in [3.05, 3.63) is 27.8 Å². The van der Waals surface area contributed by atoms with E-state index in [0.29, 0.717) is 27.6 Å². The zero-order chi connectivity index (χ0) is 13.3. The fraction of sp³-hybridized carbons (Fsp3) is 0.182. The van der Waals surface area contributed by atoms with Gasteiger partial charge < -0.3 is 10.4 Å². The van der Waals surface area contributed by atoms with Crippen LogP contribution in [0.5, 0.6) is 0 Å². The molecule has 0 spiro atoms. The molecule has 0 saturated heterocycles. The van der Waals surface area contributed by atoms with E-state index in [0.717, 1.165) is 21.2 Å². The van der Waals surface area contributed by atoms with Gasteiger partial charge in [0.1, 0.15) is 21.9 Å². The molecule has 0 saturated carbocycles. The summed E-state index contributed by atoms with van der Waals surface area (Å²) in [6.45, 7) is 6.01. The summed E-state index contributed by atoms with van der Waals surface area (Å²) in [5, 5.41) is 13.0. The Labute approximate surface area is 116 Å². The minimum absolute atomic E-state index is 0.297. The molecule has 0 radical (unpaired) electrons. The van der Waals surface area contributed by atoms with Gasteiger partial charge in [0.2, 0.25) is 0 Å². The van der Waals surface area contributed by atoms with Gasteiger partial charge in [0.05, 0.1) is 5.39 Å². The molecule has 2 rings (SSSR count). The summed E-state index contributed by atoms with van der Waals surface area (Å²) in [6, 6.07) is 0. The maximum Gasteiger partial charge on any atom is 0.346 e. The van der Waals surface area contributed by atoms with Gasteiger partial charge in [0, 0.05) is 11.0 Å². The van der Waals surface area contributed by atoms with E-state index in [4.69, 9.17) is 5.11 Å². The lowest BCUT2D eigenvalue weighted by Gasteiger charge is -2.05. The summed E-state index contributed by atoms with van der Waals surface area (Å²) < 4.78 is 0.792. The molecular formula is C11H10BrN3O2S. The number of halogens is 1. The molecule has 18 heavy (non-hydrogen) atoms. The van der Waals surface area contributed by atoms with Crippen molar-refractivity contribution in [1.29, 1.82) is 0 Å². The van der Waals surface area contributed by atoms with E-state index in [9.17, 15) is 4.79 Å². The number of aryl methyl sites for hydroxylation is 1. The molecule has 0 bridgehead atoms. The number of aromatic nitrogens is 2. The monoisotopic (exact) mass is 327 g/mol. The standard InChI is InChI=1S/C11H10BrN3O2S/c1-5(12)3-13-9-7-6(2)8(11(16)17)18-10(7)15-4-14-9/h4H,1,3H2,2H3,(H,16,17)(H,13,14,15). The first kappa shape index (κ1) is 13.0. The van der Waals surface area contributed by atoms with Crippen LogP contribution in [0, 0.1) is 6.92 Å². The predicted octanol–water partition coefficient (Wildman–Crippen LogP) is 3.02. The van der Waals surface area contributed by atoms with Gasteiger partial charge in [0.15, 0.2) is 0 Å². The van der Waals surface area contributed by atoms with Crippen LogP contribution in [0.4, 0.5) is 5.82 Å². The molecule has 2 N–H and O–H groups in total. The Hall–Kier alpha value is -1.47. The molecule has 2 heterocycles. The molecule has 0 aliphatic carbocycles. The Balaban J connectivity index is 2.54. The highest BCUT2D eigenvalue weighted by molar-refractivity contribution is 9.11. The third-order valence-corrected chi connectivity index (χ3v) is 3.84. The molecule has 2 aromatic heterocycles. The Morgan fingerprint density at radius 1 is 1.61 bits per heavy atom. The molecule has 94 valence electrons. The molecular weight excluding hydrogens is 318 g/mol. The minimum Gasteiger partial charge on any atom is -0.477 e. The van der Waals surface area contributed by atoms with E-state index in [1.54, 1.807) is 6.92 Å². The molecule has 0 aromatic carbocycles. The van der Waals surface area contributed by atoms with Crippen molar-refractivity contribution >= 4 is 49.3 Å². The maximum absolute atomic E-state index is 11.1. The number of hydrogen-bond acceptors (Lipinski definition) is 5. The number of nitrogens with one attached hydrogen (secondary N) is 1. The molecule has 7 heteroatoms. The van der Waals surface area contributed by atoms with Crippen LogP contribution in [0.25, 0.3) is 10.2 Å². The van der Waals surface area contributed by atoms with Crippen LogP contribution < -0.4 is 5.32 Å². The van der Waals surface area contributed by atoms with E-state index in [2.05, 4.69) is 37.8 Å². The number of carboxylic acid groups (broad SMARTS) is 1. The zero-order valence-corrected chi connectivity index (χ0v) is 11.9. The van der Waals surface area contributed by atoms with E-state index in [-0.39, 0.29) is 0 Å². The fourth-order valence-corrected chi connectivity index (χ4v) is 2.72. The van der Waals surface area contributed by atoms with Crippen molar-refractivity contribution in [3.63, 3.8) is 0 Å². The average molecular weight is 328 g/mol. The van der Waals surface area contributed by atoms with Crippen LogP contribution >= 0.6 is 27.3 Å². The Morgan fingerprint density at radius 3 is 2.94 bits per heavy atom. The van der Waals surface area contributed by atoms with Crippen LogP contribution in [0.3, 0.4) is 0 Å². The van der Waals surface area contributed by atoms with Crippen LogP contribution in [0.2, 0.25) is 0 Å². The number of fused-ring (bicyclic) bond motifs is 1. The van der Waals surface area contributed by atoms with Crippen LogP contribution in [-0.2, 0) is 0 Å². The van der Waals surface area contributed by atoms with E-state index >= 15 is 0 Å². The lowest BCUT2D eigenvalue weighted by Crippen LogP contribution is -2.03. The smallest absolute Gasteiger partial charge is 0.346 e. The number of hydrogen-bond donors (Lipinski definition) is 2. The van der Waals surface area contributed by atoms with Gasteiger partial charge in [-0.3, -0.25) is 0 Å². The number of anilines is 1. The summed E-state index contributed by atoms with van der Waals surface area (Å²) in [6.07, 6.45) is 1.42. The number of aromatic carboxylic acids is 1. The summed E-state index contributed by atoms with van der Waals surface area (Å²) in [5.41, 5.74) is 0.686. The molecule has 0 atom stereocenters. The van der Waals surface area contributed by atoms with Crippen molar-refractivity contribution < 1.29 is 9.90 Å². The Kier molecular flexibility index (Phi) is 3.63. The summed E-state index contributed by atoms with van der Waals surface area (Å²) in [5.74, 6) is -0.312. The number of carboxylic acids is 1. The third-order valence-electron chi connectivity index (χ3n) is 2.37. The number of rotatable bonds is 4. The SMILES string of the molecule is C=C(Br)CNc1ncnc2sc(C(=O)O)c(C)c12. The molecule has 0 aliphatic rings. The van der Waals surface area contributed by atoms with E-state index in [1.165, 1.54) is 6.33 Å². The second-order valence-corrected chi connectivity index (χ2v) is 5.76. The lowest BCUT2D eigenvalue weighted by atomic mass is 10.2. The highest BCUT2D eigenvalue weighted by Gasteiger charge is 2.18. The fourth-order valence-electron chi connectivity index (χ4n) is 1.59.